The van der Waals surface area contributed by atoms with Gasteiger partial charge in [0.05, 0.1) is 14.9 Å². The summed E-state index contributed by atoms with van der Waals surface area (Å²) in [7, 11) is 0. The van der Waals surface area contributed by atoms with Crippen LogP contribution < -0.4 is 5.32 Å². The van der Waals surface area contributed by atoms with Gasteiger partial charge in [0.15, 0.2) is 0 Å². The molecule has 0 saturated carbocycles. The van der Waals surface area contributed by atoms with Crippen molar-refractivity contribution in [3.63, 3.8) is 0 Å². The molecule has 0 spiro atoms. The fourth-order valence-corrected chi connectivity index (χ4v) is 4.17. The fraction of sp³-hybridized carbons (Fsp3) is 0.286. The van der Waals surface area contributed by atoms with Gasteiger partial charge in [-0.25, -0.2) is 0 Å². The van der Waals surface area contributed by atoms with Crippen LogP contribution in [-0.2, 0) is 0 Å². The molecule has 0 saturated heterocycles. The summed E-state index contributed by atoms with van der Waals surface area (Å²) in [6.07, 6.45) is 0. The average molecular weight is 379 g/mol. The van der Waals surface area contributed by atoms with E-state index in [2.05, 4.69) is 41.2 Å². The summed E-state index contributed by atoms with van der Waals surface area (Å²) in [5.41, 5.74) is 2.32. The minimum absolute atomic E-state index is 0.121. The lowest BCUT2D eigenvalue weighted by molar-refractivity contribution is 0.639. The lowest BCUT2D eigenvalue weighted by Gasteiger charge is -2.18. The summed E-state index contributed by atoms with van der Waals surface area (Å²) in [5.74, 6) is 0. The smallest absolute Gasteiger partial charge is 0.0888 e. The number of halogens is 3. The molecule has 1 aromatic heterocycles. The third-order valence-electron chi connectivity index (χ3n) is 2.75. The lowest BCUT2D eigenvalue weighted by Crippen LogP contribution is -2.21. The Balaban J connectivity index is 2.44. The van der Waals surface area contributed by atoms with Crippen LogP contribution in [0.4, 0.5) is 0 Å². The molecule has 1 nitrogen and oxygen atoms in total. The first-order valence-corrected chi connectivity index (χ1v) is 8.33. The van der Waals surface area contributed by atoms with Crippen LogP contribution in [0, 0.1) is 6.92 Å². The van der Waals surface area contributed by atoms with Gasteiger partial charge in [0.1, 0.15) is 0 Å². The number of rotatable bonds is 4. The normalized spacial score (nSPS) is 12.7. The predicted octanol–water partition coefficient (Wildman–Crippen LogP) is 5.82. The van der Waals surface area contributed by atoms with Gasteiger partial charge in [-0.2, -0.15) is 0 Å². The highest BCUT2D eigenvalue weighted by Gasteiger charge is 2.17. The topological polar surface area (TPSA) is 12.0 Å². The van der Waals surface area contributed by atoms with Gasteiger partial charge in [-0.3, -0.25) is 0 Å². The molecule has 5 heteroatoms. The Bertz CT molecular complexity index is 543. The van der Waals surface area contributed by atoms with Crippen LogP contribution in [0.15, 0.2) is 28.1 Å². The van der Waals surface area contributed by atoms with E-state index < -0.39 is 0 Å². The minimum Gasteiger partial charge on any atom is -0.306 e. The first-order chi connectivity index (χ1) is 9.01. The zero-order valence-electron chi connectivity index (χ0n) is 10.6. The number of thiophene rings is 1. The van der Waals surface area contributed by atoms with Gasteiger partial charge in [-0.15, -0.1) is 11.3 Å². The molecule has 0 bridgehead atoms. The highest BCUT2D eigenvalue weighted by atomic mass is 79.9. The maximum absolute atomic E-state index is 6.16. The molecular weight excluding hydrogens is 365 g/mol. The van der Waals surface area contributed by atoms with Crippen molar-refractivity contribution < 1.29 is 0 Å². The molecule has 1 N–H and O–H groups in total. The zero-order chi connectivity index (χ0) is 14.0. The van der Waals surface area contributed by atoms with E-state index in [1.807, 2.05) is 18.2 Å². The van der Waals surface area contributed by atoms with E-state index in [0.717, 1.165) is 31.5 Å². The highest BCUT2D eigenvalue weighted by Crippen LogP contribution is 2.38. The van der Waals surface area contributed by atoms with Crippen LogP contribution >= 0.6 is 50.5 Å². The number of hydrogen-bond donors (Lipinski definition) is 1. The first kappa shape index (κ1) is 15.3. The standard InChI is InChI=1S/C14H14BrCl2NS/c1-3-18-13(12-7-11(17)14(15)19-12)9-4-8(2)5-10(16)6-9/h4-7,13,18H,3H2,1-2H3. The van der Waals surface area contributed by atoms with Gasteiger partial charge in [0.25, 0.3) is 0 Å². The van der Waals surface area contributed by atoms with E-state index >= 15 is 0 Å². The molecule has 2 aromatic rings. The molecule has 102 valence electrons. The van der Waals surface area contributed by atoms with E-state index in [0.29, 0.717) is 0 Å². The third-order valence-corrected chi connectivity index (χ3v) is 5.51. The Morgan fingerprint density at radius 1 is 1.26 bits per heavy atom. The van der Waals surface area contributed by atoms with Gasteiger partial charge in [0.2, 0.25) is 0 Å². The summed E-state index contributed by atoms with van der Waals surface area (Å²) >= 11 is 17.4. The van der Waals surface area contributed by atoms with Crippen LogP contribution in [0.1, 0.15) is 29.0 Å². The SMILES string of the molecule is CCNC(c1cc(C)cc(Cl)c1)c1cc(Cl)c(Br)s1. The molecule has 1 unspecified atom stereocenters. The van der Waals surface area contributed by atoms with Gasteiger partial charge in [0, 0.05) is 9.90 Å². The van der Waals surface area contributed by atoms with Crippen molar-refractivity contribution in [2.24, 2.45) is 0 Å². The molecule has 0 aliphatic carbocycles. The lowest BCUT2D eigenvalue weighted by atomic mass is 10.0. The maximum atomic E-state index is 6.16. The minimum atomic E-state index is 0.121. The Hall–Kier alpha value is -0.0600. The maximum Gasteiger partial charge on any atom is 0.0888 e. The Kier molecular flexibility index (Phi) is 5.32. The molecular formula is C14H14BrCl2NS. The number of hydrogen-bond acceptors (Lipinski definition) is 2. The van der Waals surface area contributed by atoms with Gasteiger partial charge in [-0.1, -0.05) is 36.2 Å². The van der Waals surface area contributed by atoms with E-state index in [1.165, 1.54) is 4.88 Å². The molecule has 0 radical (unpaired) electrons. The fourth-order valence-electron chi connectivity index (χ4n) is 2.02. The van der Waals surface area contributed by atoms with Crippen molar-refractivity contribution in [1.82, 2.24) is 5.32 Å². The summed E-state index contributed by atoms with van der Waals surface area (Å²) < 4.78 is 0.964. The molecule has 2 rings (SSSR count). The third kappa shape index (κ3) is 3.73. The molecule has 19 heavy (non-hydrogen) atoms. The highest BCUT2D eigenvalue weighted by molar-refractivity contribution is 9.11. The van der Waals surface area contributed by atoms with Crippen molar-refractivity contribution in [2.45, 2.75) is 19.9 Å². The van der Waals surface area contributed by atoms with Crippen LogP contribution in [0.25, 0.3) is 0 Å². The van der Waals surface area contributed by atoms with Crippen molar-refractivity contribution in [3.05, 3.63) is 54.1 Å². The monoisotopic (exact) mass is 377 g/mol. The summed E-state index contributed by atoms with van der Waals surface area (Å²) in [4.78, 5) is 1.18. The summed E-state index contributed by atoms with van der Waals surface area (Å²) in [6, 6.07) is 8.24. The van der Waals surface area contributed by atoms with E-state index in [9.17, 15) is 0 Å². The van der Waals surface area contributed by atoms with Gasteiger partial charge in [-0.05, 0) is 58.7 Å². The average Bonchev–Trinajstić information content (AvgIpc) is 2.65. The second kappa shape index (κ2) is 6.59. The molecule has 1 aromatic carbocycles. The number of benzene rings is 1. The molecule has 0 aliphatic rings. The van der Waals surface area contributed by atoms with Crippen molar-refractivity contribution in [1.29, 1.82) is 0 Å². The Morgan fingerprint density at radius 3 is 2.53 bits per heavy atom. The largest absolute Gasteiger partial charge is 0.306 e. The van der Waals surface area contributed by atoms with Crippen molar-refractivity contribution in [3.8, 4) is 0 Å². The van der Waals surface area contributed by atoms with Crippen molar-refractivity contribution >= 4 is 50.5 Å². The number of nitrogens with one attached hydrogen (secondary N) is 1. The van der Waals surface area contributed by atoms with Gasteiger partial charge < -0.3 is 5.32 Å². The molecule has 0 aliphatic heterocycles. The summed E-state index contributed by atoms with van der Waals surface area (Å²) in [6.45, 7) is 5.02. The van der Waals surface area contributed by atoms with Crippen LogP contribution in [0.3, 0.4) is 0 Å². The second-order valence-corrected chi connectivity index (χ2v) is 7.57. The quantitative estimate of drug-likeness (QED) is 0.706. The molecule has 1 atom stereocenters. The summed E-state index contributed by atoms with van der Waals surface area (Å²) in [5, 5.41) is 5.00. The van der Waals surface area contributed by atoms with E-state index in [4.69, 9.17) is 23.2 Å². The second-order valence-electron chi connectivity index (χ2n) is 4.32. The van der Waals surface area contributed by atoms with Crippen LogP contribution in [-0.4, -0.2) is 6.54 Å². The van der Waals surface area contributed by atoms with Crippen molar-refractivity contribution in [2.75, 3.05) is 6.54 Å². The van der Waals surface area contributed by atoms with Crippen LogP contribution in [0.2, 0.25) is 10.0 Å². The molecule has 0 fully saturated rings. The van der Waals surface area contributed by atoms with E-state index in [-0.39, 0.29) is 6.04 Å². The molecule has 1 heterocycles. The first-order valence-electron chi connectivity index (χ1n) is 5.96. The molecule has 0 amide bonds. The Morgan fingerprint density at radius 2 is 2.00 bits per heavy atom. The van der Waals surface area contributed by atoms with E-state index in [1.54, 1.807) is 11.3 Å². The number of aryl methyl sites for hydroxylation is 1. The van der Waals surface area contributed by atoms with Crippen LogP contribution in [0.5, 0.6) is 0 Å². The Labute approximate surface area is 136 Å². The predicted molar refractivity (Wildman–Crippen MR) is 88.7 cm³/mol. The zero-order valence-corrected chi connectivity index (χ0v) is 14.6. The van der Waals surface area contributed by atoms with Gasteiger partial charge >= 0.3 is 0 Å².